The number of carbonyl (C=O) groups excluding carboxylic acids is 2. The first-order valence-corrected chi connectivity index (χ1v) is 9.71. The fraction of sp³-hybridized carbons (Fsp3) is 0.318. The molecule has 0 unspecified atom stereocenters. The monoisotopic (exact) mass is 393 g/mol. The second-order valence-corrected chi connectivity index (χ2v) is 7.57. The van der Waals surface area contributed by atoms with Crippen LogP contribution in [0.15, 0.2) is 48.7 Å². The molecule has 2 heterocycles. The lowest BCUT2D eigenvalue weighted by atomic mass is 10.1. The van der Waals surface area contributed by atoms with Crippen LogP contribution in [-0.2, 0) is 0 Å². The quantitative estimate of drug-likeness (QED) is 0.645. The molecule has 29 heavy (non-hydrogen) atoms. The molecular weight excluding hydrogens is 366 g/mol. The van der Waals surface area contributed by atoms with E-state index >= 15 is 0 Å². The maximum atomic E-state index is 12.9. The first-order chi connectivity index (χ1) is 13.9. The zero-order chi connectivity index (χ0) is 21.0. The summed E-state index contributed by atoms with van der Waals surface area (Å²) < 4.78 is 1.65. The highest BCUT2D eigenvalue weighted by molar-refractivity contribution is 6.09. The van der Waals surface area contributed by atoms with Crippen molar-refractivity contribution in [2.45, 2.75) is 20.3 Å². The van der Waals surface area contributed by atoms with Crippen molar-refractivity contribution < 1.29 is 9.59 Å². The molecule has 7 heteroatoms. The fourth-order valence-electron chi connectivity index (χ4n) is 2.95. The van der Waals surface area contributed by atoms with Crippen molar-refractivity contribution in [3.8, 4) is 0 Å². The van der Waals surface area contributed by atoms with Crippen molar-refractivity contribution in [3.63, 3.8) is 0 Å². The molecule has 7 nitrogen and oxygen atoms in total. The molecule has 0 aliphatic rings. The van der Waals surface area contributed by atoms with Gasteiger partial charge in [-0.1, -0.05) is 19.9 Å². The maximum Gasteiger partial charge on any atom is 0.287 e. The van der Waals surface area contributed by atoms with Gasteiger partial charge in [0.05, 0.1) is 5.52 Å². The van der Waals surface area contributed by atoms with Crippen LogP contribution >= 0.6 is 0 Å². The van der Waals surface area contributed by atoms with Crippen molar-refractivity contribution in [1.82, 2.24) is 14.7 Å². The van der Waals surface area contributed by atoms with E-state index in [1.165, 1.54) is 0 Å². The van der Waals surface area contributed by atoms with Gasteiger partial charge in [0.1, 0.15) is 0 Å². The van der Waals surface area contributed by atoms with Crippen molar-refractivity contribution in [2.24, 2.45) is 5.92 Å². The topological polar surface area (TPSA) is 78.7 Å². The summed E-state index contributed by atoms with van der Waals surface area (Å²) in [6, 6.07) is 12.9. The number of nitrogens with zero attached hydrogens (tertiary/aromatic N) is 3. The second kappa shape index (κ2) is 8.77. The van der Waals surface area contributed by atoms with Gasteiger partial charge >= 0.3 is 0 Å². The van der Waals surface area contributed by atoms with Crippen LogP contribution in [0.25, 0.3) is 5.52 Å². The summed E-state index contributed by atoms with van der Waals surface area (Å²) in [7, 11) is 3.91. The highest BCUT2D eigenvalue weighted by atomic mass is 16.2. The largest absolute Gasteiger partial charge is 0.378 e. The molecule has 0 fully saturated rings. The molecule has 0 atom stereocenters. The Morgan fingerprint density at radius 3 is 2.45 bits per heavy atom. The number of rotatable bonds is 7. The summed E-state index contributed by atoms with van der Waals surface area (Å²) in [5, 5.41) is 5.74. The zero-order valence-corrected chi connectivity index (χ0v) is 17.3. The molecule has 0 aliphatic carbocycles. The van der Waals surface area contributed by atoms with Crippen LogP contribution in [0.4, 0.5) is 11.4 Å². The normalized spacial score (nSPS) is 10.9. The number of fused-ring (bicyclic) bond motifs is 1. The van der Waals surface area contributed by atoms with Crippen LogP contribution in [0.5, 0.6) is 0 Å². The molecule has 2 N–H and O–H groups in total. The van der Waals surface area contributed by atoms with E-state index in [0.29, 0.717) is 23.7 Å². The van der Waals surface area contributed by atoms with E-state index in [-0.39, 0.29) is 23.3 Å². The average molecular weight is 393 g/mol. The molecule has 3 rings (SSSR count). The molecule has 1 aromatic carbocycles. The third kappa shape index (κ3) is 4.74. The molecule has 0 aliphatic heterocycles. The Balaban J connectivity index is 1.83. The first kappa shape index (κ1) is 20.4. The molecule has 2 amide bonds. The van der Waals surface area contributed by atoms with Gasteiger partial charge in [0.15, 0.2) is 5.69 Å². The van der Waals surface area contributed by atoms with Crippen LogP contribution in [0.2, 0.25) is 0 Å². The van der Waals surface area contributed by atoms with Gasteiger partial charge in [-0.3, -0.25) is 14.0 Å². The lowest BCUT2D eigenvalue weighted by Crippen LogP contribution is -2.27. The van der Waals surface area contributed by atoms with Gasteiger partial charge in [-0.15, -0.1) is 0 Å². The minimum absolute atomic E-state index is 0.206. The SMILES string of the molecule is CC(C)CCNC(=O)c1nc(C(=O)Nc2ccc(N(C)C)cc2)c2ccccn12. The van der Waals surface area contributed by atoms with Crippen molar-refractivity contribution >= 4 is 28.7 Å². The predicted octanol–water partition coefficient (Wildman–Crippen LogP) is 3.43. The summed E-state index contributed by atoms with van der Waals surface area (Å²) in [5.41, 5.74) is 2.51. The lowest BCUT2D eigenvalue weighted by Gasteiger charge is -2.12. The van der Waals surface area contributed by atoms with Crippen molar-refractivity contribution in [1.29, 1.82) is 0 Å². The smallest absolute Gasteiger partial charge is 0.287 e. The molecular formula is C22H27N5O2. The maximum absolute atomic E-state index is 12.9. The van der Waals surface area contributed by atoms with Crippen molar-refractivity contribution in [2.75, 3.05) is 30.9 Å². The van der Waals surface area contributed by atoms with Gasteiger partial charge in [0.25, 0.3) is 11.8 Å². The summed E-state index contributed by atoms with van der Waals surface area (Å²) in [6.07, 6.45) is 2.62. The number of pyridine rings is 1. The molecule has 152 valence electrons. The van der Waals surface area contributed by atoms with E-state index in [4.69, 9.17) is 0 Å². The van der Waals surface area contributed by atoms with Gasteiger partial charge in [0.2, 0.25) is 5.82 Å². The van der Waals surface area contributed by atoms with E-state index in [0.717, 1.165) is 12.1 Å². The van der Waals surface area contributed by atoms with Gasteiger partial charge in [-0.25, -0.2) is 4.98 Å². The molecule has 3 aromatic rings. The van der Waals surface area contributed by atoms with Gasteiger partial charge in [0, 0.05) is 38.2 Å². The number of amides is 2. The molecule has 0 saturated heterocycles. The van der Waals surface area contributed by atoms with Gasteiger partial charge in [-0.05, 0) is 48.7 Å². The minimum Gasteiger partial charge on any atom is -0.378 e. The number of aromatic nitrogens is 2. The highest BCUT2D eigenvalue weighted by Gasteiger charge is 2.21. The minimum atomic E-state index is -0.354. The van der Waals surface area contributed by atoms with Gasteiger partial charge < -0.3 is 15.5 Å². The highest BCUT2D eigenvalue weighted by Crippen LogP contribution is 2.18. The molecule has 0 radical (unpaired) electrons. The third-order valence-electron chi connectivity index (χ3n) is 4.62. The Labute approximate surface area is 170 Å². The number of carbonyl (C=O) groups is 2. The van der Waals surface area contributed by atoms with Crippen molar-refractivity contribution in [3.05, 3.63) is 60.2 Å². The number of anilines is 2. The second-order valence-electron chi connectivity index (χ2n) is 7.57. The standard InChI is InChI=1S/C22H27N5O2/c1-15(2)12-13-23-22(29)20-25-19(18-7-5-6-14-27(18)20)21(28)24-16-8-10-17(11-9-16)26(3)4/h5-11,14-15H,12-13H2,1-4H3,(H,23,29)(H,24,28). The molecule has 0 saturated carbocycles. The van der Waals surface area contributed by atoms with Crippen LogP contribution in [-0.4, -0.2) is 41.8 Å². The number of benzene rings is 1. The summed E-state index contributed by atoms with van der Waals surface area (Å²) >= 11 is 0. The van der Waals surface area contributed by atoms with E-state index in [1.807, 2.05) is 49.3 Å². The summed E-state index contributed by atoms with van der Waals surface area (Å²) in [5.74, 6) is 0.0544. The zero-order valence-electron chi connectivity index (χ0n) is 17.3. The fourth-order valence-corrected chi connectivity index (χ4v) is 2.95. The van der Waals surface area contributed by atoms with E-state index < -0.39 is 0 Å². The summed E-state index contributed by atoms with van der Waals surface area (Å²) in [6.45, 7) is 4.77. The number of nitrogens with one attached hydrogen (secondary N) is 2. The Morgan fingerprint density at radius 1 is 1.07 bits per heavy atom. The number of imidazole rings is 1. The van der Waals surface area contributed by atoms with Crippen LogP contribution in [0.1, 0.15) is 41.4 Å². The molecule has 0 bridgehead atoms. The van der Waals surface area contributed by atoms with Crippen LogP contribution in [0, 0.1) is 5.92 Å². The Morgan fingerprint density at radius 2 is 1.79 bits per heavy atom. The molecule has 2 aromatic heterocycles. The molecule has 0 spiro atoms. The number of hydrogen-bond acceptors (Lipinski definition) is 4. The van der Waals surface area contributed by atoms with E-state index in [9.17, 15) is 9.59 Å². The summed E-state index contributed by atoms with van der Waals surface area (Å²) in [4.78, 5) is 31.8. The average Bonchev–Trinajstić information content (AvgIpc) is 3.08. The first-order valence-electron chi connectivity index (χ1n) is 9.71. The third-order valence-corrected chi connectivity index (χ3v) is 4.62. The Kier molecular flexibility index (Phi) is 6.16. The van der Waals surface area contributed by atoms with Crippen LogP contribution < -0.4 is 15.5 Å². The Bertz CT molecular complexity index is 1010. The Hall–Kier alpha value is -3.35. The van der Waals surface area contributed by atoms with E-state index in [1.54, 1.807) is 22.7 Å². The van der Waals surface area contributed by atoms with Crippen LogP contribution in [0.3, 0.4) is 0 Å². The van der Waals surface area contributed by atoms with E-state index in [2.05, 4.69) is 29.5 Å². The lowest BCUT2D eigenvalue weighted by molar-refractivity contribution is 0.0941. The number of hydrogen-bond donors (Lipinski definition) is 2. The van der Waals surface area contributed by atoms with Gasteiger partial charge in [-0.2, -0.15) is 0 Å². The predicted molar refractivity (Wildman–Crippen MR) is 116 cm³/mol.